The number of ether oxygens (including phenoxy) is 1. The lowest BCUT2D eigenvalue weighted by Crippen LogP contribution is -2.44. The standard InChI is InChI=1S/C26H30ClFN2O3S/c1-33-18-5-7-24-20(15-18)19(8-11-29-24)23(28)6-4-17-9-13-30(16-21(17)26(31)32)12-2-3-25-22(27)10-14-34-25/h5,7-8,10-11,14-15,17,21,23H,2-4,6,9,12-13,16H2,1H3,(H,31,32)/t17-,21+,23-/m1/s1. The number of piperidine rings is 1. The lowest BCUT2D eigenvalue weighted by molar-refractivity contribution is -0.146. The predicted molar refractivity (Wildman–Crippen MR) is 135 cm³/mol. The van der Waals surface area contributed by atoms with Crippen molar-refractivity contribution in [2.75, 3.05) is 26.7 Å². The van der Waals surface area contributed by atoms with Crippen LogP contribution in [0.1, 0.15) is 42.3 Å². The van der Waals surface area contributed by atoms with Gasteiger partial charge < -0.3 is 14.7 Å². The Kier molecular flexibility index (Phi) is 8.40. The van der Waals surface area contributed by atoms with Crippen LogP contribution in [0.25, 0.3) is 10.9 Å². The number of pyridine rings is 1. The maximum Gasteiger partial charge on any atom is 0.308 e. The van der Waals surface area contributed by atoms with Gasteiger partial charge in [0.2, 0.25) is 0 Å². The number of aryl methyl sites for hydroxylation is 1. The fraction of sp³-hybridized carbons (Fsp3) is 0.462. The number of thiophene rings is 1. The highest BCUT2D eigenvalue weighted by Gasteiger charge is 2.34. The van der Waals surface area contributed by atoms with Crippen LogP contribution in [0.5, 0.6) is 5.75 Å². The minimum absolute atomic E-state index is 0.0265. The Hall–Kier alpha value is -2.22. The highest BCUT2D eigenvalue weighted by atomic mass is 35.5. The number of aromatic nitrogens is 1. The molecule has 5 nitrogen and oxygen atoms in total. The zero-order chi connectivity index (χ0) is 24.1. The molecule has 34 heavy (non-hydrogen) atoms. The molecule has 0 amide bonds. The molecule has 3 aromatic rings. The Morgan fingerprint density at radius 1 is 1.38 bits per heavy atom. The van der Waals surface area contributed by atoms with E-state index in [0.717, 1.165) is 48.3 Å². The van der Waals surface area contributed by atoms with Gasteiger partial charge in [0, 0.05) is 23.0 Å². The summed E-state index contributed by atoms with van der Waals surface area (Å²) in [6.45, 7) is 2.21. The molecule has 0 spiro atoms. The van der Waals surface area contributed by atoms with E-state index in [9.17, 15) is 9.90 Å². The van der Waals surface area contributed by atoms with Crippen molar-refractivity contribution in [3.63, 3.8) is 0 Å². The number of aliphatic carboxylic acids is 1. The predicted octanol–water partition coefficient (Wildman–Crippen LogP) is 6.40. The van der Waals surface area contributed by atoms with E-state index in [1.54, 1.807) is 30.7 Å². The molecule has 182 valence electrons. The van der Waals surface area contributed by atoms with Gasteiger partial charge in [-0.15, -0.1) is 11.3 Å². The number of benzene rings is 1. The van der Waals surface area contributed by atoms with Crippen LogP contribution in [0.3, 0.4) is 0 Å². The second-order valence-electron chi connectivity index (χ2n) is 8.92. The highest BCUT2D eigenvalue weighted by molar-refractivity contribution is 7.10. The number of carboxylic acids is 1. The molecule has 1 aliphatic rings. The fourth-order valence-corrected chi connectivity index (χ4v) is 6.10. The van der Waals surface area contributed by atoms with E-state index in [-0.39, 0.29) is 5.92 Å². The van der Waals surface area contributed by atoms with Crippen LogP contribution in [0.4, 0.5) is 4.39 Å². The van der Waals surface area contributed by atoms with E-state index in [2.05, 4.69) is 9.88 Å². The van der Waals surface area contributed by atoms with Crippen LogP contribution in [0.15, 0.2) is 41.9 Å². The maximum atomic E-state index is 15.4. The Labute approximate surface area is 208 Å². The van der Waals surface area contributed by atoms with Gasteiger partial charge in [-0.2, -0.15) is 0 Å². The highest BCUT2D eigenvalue weighted by Crippen LogP contribution is 2.35. The van der Waals surface area contributed by atoms with Crippen LogP contribution in [-0.2, 0) is 11.2 Å². The van der Waals surface area contributed by atoms with E-state index < -0.39 is 18.1 Å². The number of fused-ring (bicyclic) bond motifs is 1. The number of methoxy groups -OCH3 is 1. The normalized spacial score (nSPS) is 19.9. The first-order valence-corrected chi connectivity index (χ1v) is 13.0. The molecule has 3 heterocycles. The summed E-state index contributed by atoms with van der Waals surface area (Å²) >= 11 is 7.84. The monoisotopic (exact) mass is 504 g/mol. The molecular formula is C26H30ClFN2O3S. The van der Waals surface area contributed by atoms with Gasteiger partial charge in [-0.05, 0) is 92.4 Å². The van der Waals surface area contributed by atoms with Crippen LogP contribution >= 0.6 is 22.9 Å². The van der Waals surface area contributed by atoms with Crippen molar-refractivity contribution < 1.29 is 19.0 Å². The fourth-order valence-electron chi connectivity index (χ4n) is 4.93. The molecular weight excluding hydrogens is 475 g/mol. The third-order valence-electron chi connectivity index (χ3n) is 6.84. The Morgan fingerprint density at radius 3 is 2.97 bits per heavy atom. The molecule has 1 aromatic carbocycles. The zero-order valence-electron chi connectivity index (χ0n) is 19.3. The van der Waals surface area contributed by atoms with Gasteiger partial charge in [-0.1, -0.05) is 11.6 Å². The number of likely N-dealkylation sites (tertiary alicyclic amines) is 1. The van der Waals surface area contributed by atoms with Gasteiger partial charge in [0.25, 0.3) is 0 Å². The number of halogens is 2. The van der Waals surface area contributed by atoms with Crippen LogP contribution in [-0.4, -0.2) is 47.7 Å². The summed E-state index contributed by atoms with van der Waals surface area (Å²) in [6, 6.07) is 9.08. The lowest BCUT2D eigenvalue weighted by atomic mass is 9.81. The van der Waals surface area contributed by atoms with E-state index in [1.807, 2.05) is 29.6 Å². The SMILES string of the molecule is COc1ccc2nccc([C@H](F)CC[C@@H]3CCN(CCCc4sccc4Cl)C[C@@H]3C(=O)O)c2c1. The molecule has 0 aliphatic carbocycles. The molecule has 4 rings (SSSR count). The average molecular weight is 505 g/mol. The third kappa shape index (κ3) is 5.88. The average Bonchev–Trinajstić information content (AvgIpc) is 3.26. The van der Waals surface area contributed by atoms with E-state index in [4.69, 9.17) is 16.3 Å². The quantitative estimate of drug-likeness (QED) is 0.346. The second-order valence-corrected chi connectivity index (χ2v) is 10.3. The molecule has 3 atom stereocenters. The number of alkyl halides is 1. The number of nitrogens with zero attached hydrogens (tertiary/aromatic N) is 2. The van der Waals surface area contributed by atoms with Crippen molar-refractivity contribution >= 4 is 39.8 Å². The first-order chi connectivity index (χ1) is 16.5. The number of hydrogen-bond donors (Lipinski definition) is 1. The number of rotatable bonds is 10. The topological polar surface area (TPSA) is 62.7 Å². The van der Waals surface area contributed by atoms with Crippen LogP contribution in [0.2, 0.25) is 5.02 Å². The third-order valence-corrected chi connectivity index (χ3v) is 8.28. The van der Waals surface area contributed by atoms with Crippen LogP contribution in [0, 0.1) is 11.8 Å². The molecule has 0 radical (unpaired) electrons. The van der Waals surface area contributed by atoms with Crippen LogP contribution < -0.4 is 4.74 Å². The molecule has 8 heteroatoms. The van der Waals surface area contributed by atoms with Crippen molar-refractivity contribution in [3.8, 4) is 5.75 Å². The molecule has 1 fully saturated rings. The van der Waals surface area contributed by atoms with Crippen molar-refractivity contribution in [2.45, 2.75) is 38.3 Å². The molecule has 1 N–H and O–H groups in total. The van der Waals surface area contributed by atoms with Gasteiger partial charge in [0.1, 0.15) is 11.9 Å². The van der Waals surface area contributed by atoms with Crippen molar-refractivity contribution in [2.24, 2.45) is 11.8 Å². The van der Waals surface area contributed by atoms with Crippen molar-refractivity contribution in [1.29, 1.82) is 0 Å². The minimum Gasteiger partial charge on any atom is -0.497 e. The molecule has 0 unspecified atom stereocenters. The van der Waals surface area contributed by atoms with E-state index in [0.29, 0.717) is 30.7 Å². The number of carbonyl (C=O) groups is 1. The summed E-state index contributed by atoms with van der Waals surface area (Å²) in [5.41, 5.74) is 1.31. The smallest absolute Gasteiger partial charge is 0.308 e. The second kappa shape index (κ2) is 11.5. The minimum atomic E-state index is -1.18. The van der Waals surface area contributed by atoms with Gasteiger partial charge >= 0.3 is 5.97 Å². The summed E-state index contributed by atoms with van der Waals surface area (Å²) in [6.07, 6.45) is 3.91. The number of hydrogen-bond acceptors (Lipinski definition) is 5. The lowest BCUT2D eigenvalue weighted by Gasteiger charge is -2.36. The summed E-state index contributed by atoms with van der Waals surface area (Å²) in [5.74, 6) is -0.624. The Balaban J connectivity index is 1.34. The van der Waals surface area contributed by atoms with E-state index >= 15 is 4.39 Å². The molecule has 2 aromatic heterocycles. The van der Waals surface area contributed by atoms with Gasteiger partial charge in [0.15, 0.2) is 0 Å². The Morgan fingerprint density at radius 2 is 2.24 bits per heavy atom. The molecule has 0 bridgehead atoms. The first kappa shape index (κ1) is 24.9. The summed E-state index contributed by atoms with van der Waals surface area (Å²) in [7, 11) is 1.58. The van der Waals surface area contributed by atoms with Gasteiger partial charge in [0.05, 0.1) is 23.6 Å². The maximum absolute atomic E-state index is 15.4. The number of carboxylic acid groups (broad SMARTS) is 1. The summed E-state index contributed by atoms with van der Waals surface area (Å²) in [4.78, 5) is 19.8. The van der Waals surface area contributed by atoms with E-state index in [1.165, 1.54) is 4.88 Å². The van der Waals surface area contributed by atoms with Crippen molar-refractivity contribution in [3.05, 3.63) is 57.4 Å². The summed E-state index contributed by atoms with van der Waals surface area (Å²) in [5, 5.41) is 13.4. The summed E-state index contributed by atoms with van der Waals surface area (Å²) < 4.78 is 20.6. The van der Waals surface area contributed by atoms with Crippen molar-refractivity contribution in [1.82, 2.24) is 9.88 Å². The van der Waals surface area contributed by atoms with Gasteiger partial charge in [-0.25, -0.2) is 4.39 Å². The first-order valence-electron chi connectivity index (χ1n) is 11.7. The molecule has 1 saturated heterocycles. The van der Waals surface area contributed by atoms with Gasteiger partial charge in [-0.3, -0.25) is 9.78 Å². The molecule has 1 aliphatic heterocycles. The zero-order valence-corrected chi connectivity index (χ0v) is 20.8. The molecule has 0 saturated carbocycles. The Bertz CT molecular complexity index is 1120. The largest absolute Gasteiger partial charge is 0.497 e.